The van der Waals surface area contributed by atoms with Crippen LogP contribution in [0.15, 0.2) is 62.8 Å². The van der Waals surface area contributed by atoms with Gasteiger partial charge in [0.2, 0.25) is 5.91 Å². The number of hydrogen-bond acceptors (Lipinski definition) is 2. The van der Waals surface area contributed by atoms with Gasteiger partial charge in [-0.1, -0.05) is 36.4 Å². The van der Waals surface area contributed by atoms with Crippen LogP contribution in [0, 0.1) is 0 Å². The molecule has 0 radical (unpaired) electrons. The van der Waals surface area contributed by atoms with Gasteiger partial charge in [-0.2, -0.15) is 0 Å². The molecule has 0 heterocycles. The Labute approximate surface area is 138 Å². The normalized spacial score (nSPS) is 10.8. The van der Waals surface area contributed by atoms with E-state index in [2.05, 4.69) is 26.3 Å². The largest absolute Gasteiger partial charge is 0.507 e. The summed E-state index contributed by atoms with van der Waals surface area (Å²) >= 11 is 0. The number of benzene rings is 1. The van der Waals surface area contributed by atoms with Crippen LogP contribution in [0.1, 0.15) is 29.5 Å². The van der Waals surface area contributed by atoms with E-state index in [4.69, 9.17) is 5.73 Å². The number of hydrogen-bond donors (Lipinski definition) is 2. The van der Waals surface area contributed by atoms with Gasteiger partial charge in [-0.25, -0.2) is 0 Å². The van der Waals surface area contributed by atoms with Gasteiger partial charge in [-0.3, -0.25) is 4.79 Å². The minimum absolute atomic E-state index is 0.212. The molecule has 0 spiro atoms. The van der Waals surface area contributed by atoms with Gasteiger partial charge < -0.3 is 10.8 Å². The lowest BCUT2D eigenvalue weighted by Crippen LogP contribution is -2.40. The van der Waals surface area contributed by atoms with Crippen LogP contribution in [-0.2, 0) is 23.1 Å². The van der Waals surface area contributed by atoms with Gasteiger partial charge in [0.1, 0.15) is 5.75 Å². The molecular formula is C20H25NO2. The van der Waals surface area contributed by atoms with Crippen molar-refractivity contribution in [3.63, 3.8) is 0 Å². The van der Waals surface area contributed by atoms with Crippen molar-refractivity contribution in [2.75, 3.05) is 0 Å². The van der Waals surface area contributed by atoms with E-state index in [1.54, 1.807) is 24.3 Å². The molecule has 1 amide bonds. The van der Waals surface area contributed by atoms with E-state index in [0.29, 0.717) is 36.8 Å². The maximum Gasteiger partial charge on any atom is 0.228 e. The van der Waals surface area contributed by atoms with Crippen LogP contribution in [0.3, 0.4) is 0 Å². The third kappa shape index (κ3) is 3.81. The van der Waals surface area contributed by atoms with E-state index in [0.717, 1.165) is 5.56 Å². The quantitative estimate of drug-likeness (QED) is 0.647. The van der Waals surface area contributed by atoms with Gasteiger partial charge in [-0.15, -0.1) is 26.3 Å². The average Bonchev–Trinajstić information content (AvgIpc) is 2.51. The number of aromatic hydroxyl groups is 1. The monoisotopic (exact) mass is 311 g/mol. The summed E-state index contributed by atoms with van der Waals surface area (Å²) in [7, 11) is 0. The van der Waals surface area contributed by atoms with Gasteiger partial charge in [0, 0.05) is 0 Å². The highest BCUT2D eigenvalue weighted by Gasteiger charge is 2.37. The predicted molar refractivity (Wildman–Crippen MR) is 96.4 cm³/mol. The van der Waals surface area contributed by atoms with Crippen LogP contribution in [0.4, 0.5) is 0 Å². The number of phenols is 1. The zero-order chi connectivity index (χ0) is 17.5. The molecule has 0 bridgehead atoms. The molecule has 0 unspecified atom stereocenters. The van der Waals surface area contributed by atoms with Gasteiger partial charge in [0.15, 0.2) is 0 Å². The highest BCUT2D eigenvalue weighted by Crippen LogP contribution is 2.37. The summed E-state index contributed by atoms with van der Waals surface area (Å²) in [5.74, 6) is -0.221. The third-order valence-electron chi connectivity index (χ3n) is 4.01. The van der Waals surface area contributed by atoms with Crippen LogP contribution in [-0.4, -0.2) is 11.0 Å². The van der Waals surface area contributed by atoms with E-state index in [1.165, 1.54) is 0 Å². The Kier molecular flexibility index (Phi) is 6.58. The molecular weight excluding hydrogens is 286 g/mol. The number of carbonyl (C=O) groups is 1. The Balaban J connectivity index is 3.66. The second kappa shape index (κ2) is 8.18. The molecule has 0 atom stereocenters. The third-order valence-corrected chi connectivity index (χ3v) is 4.01. The Morgan fingerprint density at radius 2 is 1.43 bits per heavy atom. The smallest absolute Gasteiger partial charge is 0.228 e. The first-order chi connectivity index (χ1) is 11.0. The Bertz CT molecular complexity index is 588. The Morgan fingerprint density at radius 1 is 1.00 bits per heavy atom. The molecule has 0 saturated carbocycles. The van der Waals surface area contributed by atoms with E-state index in [-0.39, 0.29) is 5.75 Å². The van der Waals surface area contributed by atoms with Gasteiger partial charge in [0.05, 0.1) is 5.41 Å². The maximum atomic E-state index is 12.2. The molecule has 23 heavy (non-hydrogen) atoms. The van der Waals surface area contributed by atoms with E-state index in [1.807, 2.05) is 12.1 Å². The predicted octanol–water partition coefficient (Wildman–Crippen LogP) is 3.72. The van der Waals surface area contributed by atoms with Gasteiger partial charge in [-0.05, 0) is 42.4 Å². The van der Waals surface area contributed by atoms with Crippen molar-refractivity contribution >= 4 is 5.91 Å². The fourth-order valence-corrected chi connectivity index (χ4v) is 2.81. The molecule has 3 nitrogen and oxygen atoms in total. The van der Waals surface area contributed by atoms with Crippen molar-refractivity contribution in [3.05, 3.63) is 79.4 Å². The summed E-state index contributed by atoms with van der Waals surface area (Å²) < 4.78 is 0. The first kappa shape index (κ1) is 18.5. The summed E-state index contributed by atoms with van der Waals surface area (Å²) in [5, 5.41) is 10.4. The number of allylic oxidation sites excluding steroid dienone is 4. The zero-order valence-corrected chi connectivity index (χ0v) is 13.6. The summed E-state index contributed by atoms with van der Waals surface area (Å²) in [6.07, 6.45) is 8.60. The number of carbonyl (C=O) groups excluding carboxylic acids is 1. The van der Waals surface area contributed by atoms with Crippen LogP contribution >= 0.6 is 0 Å². The second-order valence-corrected chi connectivity index (χ2v) is 5.56. The van der Waals surface area contributed by atoms with Crippen molar-refractivity contribution in [2.24, 2.45) is 5.73 Å². The molecule has 122 valence electrons. The van der Waals surface area contributed by atoms with Crippen LogP contribution in [0.5, 0.6) is 5.75 Å². The molecule has 0 aliphatic heterocycles. The number of phenolic OH excluding ortho intramolecular Hbond substituents is 1. The molecule has 1 aromatic carbocycles. The summed E-state index contributed by atoms with van der Waals surface area (Å²) in [5.41, 5.74) is 7.00. The molecule has 3 N–H and O–H groups in total. The first-order valence-corrected chi connectivity index (χ1v) is 7.55. The fraction of sp³-hybridized carbons (Fsp3) is 0.250. The summed E-state index contributed by atoms with van der Waals surface area (Å²) in [6.45, 7) is 14.9. The fourth-order valence-electron chi connectivity index (χ4n) is 2.81. The van der Waals surface area contributed by atoms with Crippen molar-refractivity contribution < 1.29 is 9.90 Å². The lowest BCUT2D eigenvalue weighted by Gasteiger charge is -2.30. The highest BCUT2D eigenvalue weighted by molar-refractivity contribution is 5.87. The number of primary amides is 1. The van der Waals surface area contributed by atoms with E-state index < -0.39 is 11.3 Å². The van der Waals surface area contributed by atoms with Gasteiger partial charge in [0.25, 0.3) is 0 Å². The van der Waals surface area contributed by atoms with Crippen molar-refractivity contribution in [2.45, 2.75) is 31.1 Å². The average molecular weight is 311 g/mol. The topological polar surface area (TPSA) is 63.3 Å². The SMILES string of the molecule is C=CCc1cc(C(CC=C)(CC=C)C(N)=O)cc(CC=C)c1O. The van der Waals surface area contributed by atoms with E-state index >= 15 is 0 Å². The van der Waals surface area contributed by atoms with Crippen molar-refractivity contribution in [1.29, 1.82) is 0 Å². The first-order valence-electron chi connectivity index (χ1n) is 7.55. The van der Waals surface area contributed by atoms with Crippen LogP contribution < -0.4 is 5.73 Å². The van der Waals surface area contributed by atoms with Crippen LogP contribution in [0.25, 0.3) is 0 Å². The number of rotatable bonds is 10. The maximum absolute atomic E-state index is 12.2. The number of nitrogens with two attached hydrogens (primary N) is 1. The Morgan fingerprint density at radius 3 is 1.74 bits per heavy atom. The summed E-state index contributed by atoms with van der Waals surface area (Å²) in [6, 6.07) is 3.64. The van der Waals surface area contributed by atoms with Crippen molar-refractivity contribution in [1.82, 2.24) is 0 Å². The Hall–Kier alpha value is -2.55. The molecule has 3 heteroatoms. The highest BCUT2D eigenvalue weighted by atomic mass is 16.3. The zero-order valence-electron chi connectivity index (χ0n) is 13.6. The minimum Gasteiger partial charge on any atom is -0.507 e. The molecule has 0 fully saturated rings. The number of amides is 1. The van der Waals surface area contributed by atoms with E-state index in [9.17, 15) is 9.90 Å². The molecule has 0 aromatic heterocycles. The lowest BCUT2D eigenvalue weighted by molar-refractivity contribution is -0.123. The molecule has 1 aromatic rings. The summed E-state index contributed by atoms with van der Waals surface area (Å²) in [4.78, 5) is 12.2. The second-order valence-electron chi connectivity index (χ2n) is 5.56. The van der Waals surface area contributed by atoms with Gasteiger partial charge >= 0.3 is 0 Å². The molecule has 0 aliphatic rings. The molecule has 1 rings (SSSR count). The molecule has 0 saturated heterocycles. The minimum atomic E-state index is -0.914. The van der Waals surface area contributed by atoms with Crippen molar-refractivity contribution in [3.8, 4) is 5.75 Å². The lowest BCUT2D eigenvalue weighted by atomic mass is 9.73. The standard InChI is InChI=1S/C20H25NO2/c1-5-9-15-13-17(14-16(10-6-2)18(15)22)20(11-7-3,12-8-4)19(21)23/h5-8,13-14,22H,1-4,9-12H2,(H2,21,23). The van der Waals surface area contributed by atoms with Crippen LogP contribution in [0.2, 0.25) is 0 Å². The molecule has 0 aliphatic carbocycles.